The van der Waals surface area contributed by atoms with Crippen molar-refractivity contribution in [3.8, 4) is 5.75 Å². The lowest BCUT2D eigenvalue weighted by atomic mass is 10.1. The number of pyridine rings is 1. The van der Waals surface area contributed by atoms with Crippen LogP contribution in [0, 0.1) is 11.6 Å². The molecule has 0 amide bonds. The third-order valence-electron chi connectivity index (χ3n) is 5.71. The van der Waals surface area contributed by atoms with E-state index in [1.165, 1.54) is 10.8 Å². The van der Waals surface area contributed by atoms with Gasteiger partial charge in [-0.2, -0.15) is 0 Å². The van der Waals surface area contributed by atoms with Crippen LogP contribution >= 0.6 is 0 Å². The average Bonchev–Trinajstić information content (AvgIpc) is 3.43. The summed E-state index contributed by atoms with van der Waals surface area (Å²) in [5.41, 5.74) is -1.09. The van der Waals surface area contributed by atoms with Crippen LogP contribution in [0.15, 0.2) is 17.1 Å². The molecule has 3 heterocycles. The normalized spacial score (nSPS) is 24.0. The highest BCUT2D eigenvalue weighted by Gasteiger charge is 2.38. The first kappa shape index (κ1) is 18.3. The molecule has 154 valence electrons. The number of morpholine rings is 1. The number of halogens is 2. The molecule has 8 nitrogen and oxygen atoms in total. The number of carboxylic acid groups (broad SMARTS) is 1. The molecule has 0 radical (unpaired) electrons. The number of nitrogens with one attached hydrogen (secondary N) is 1. The van der Waals surface area contributed by atoms with Gasteiger partial charge in [0.15, 0.2) is 11.6 Å². The molecule has 2 saturated heterocycles. The van der Waals surface area contributed by atoms with Gasteiger partial charge in [0.1, 0.15) is 11.5 Å². The van der Waals surface area contributed by atoms with Gasteiger partial charge in [0.25, 0.3) is 0 Å². The van der Waals surface area contributed by atoms with Gasteiger partial charge in [-0.1, -0.05) is 0 Å². The standard InChI is InChI=1S/C19H19F2N3O5/c20-11-5-10-16(24(9-1-2-9)8-14(18(10)25)29-19(26)27)15(21)17(11)23-6-12-13(7-23)28-4-3-22-12/h5,8-9,12-13,22H,1-4,6-7H2,(H,26,27)/t12-,13+/m0/s1. The molecule has 2 aliphatic heterocycles. The van der Waals surface area contributed by atoms with Crippen LogP contribution in [0.5, 0.6) is 5.75 Å². The van der Waals surface area contributed by atoms with E-state index >= 15 is 4.39 Å². The Labute approximate surface area is 163 Å². The maximum Gasteiger partial charge on any atom is 0.511 e. The number of benzene rings is 1. The number of aromatic nitrogens is 1. The molecule has 2 N–H and O–H groups in total. The van der Waals surface area contributed by atoms with Crippen LogP contribution in [0.25, 0.3) is 10.9 Å². The van der Waals surface area contributed by atoms with E-state index in [1.54, 1.807) is 4.90 Å². The highest BCUT2D eigenvalue weighted by Crippen LogP contribution is 2.40. The Hall–Kier alpha value is -2.72. The summed E-state index contributed by atoms with van der Waals surface area (Å²) in [5.74, 6) is -2.17. The number of carbonyl (C=O) groups is 1. The zero-order valence-electron chi connectivity index (χ0n) is 15.4. The summed E-state index contributed by atoms with van der Waals surface area (Å²) in [6.45, 7) is 1.96. The lowest BCUT2D eigenvalue weighted by molar-refractivity contribution is 0.0212. The van der Waals surface area contributed by atoms with Gasteiger partial charge in [0, 0.05) is 25.7 Å². The maximum atomic E-state index is 15.6. The molecular formula is C19H19F2N3O5. The predicted octanol–water partition coefficient (Wildman–Crippen LogP) is 1.85. The fourth-order valence-electron chi connectivity index (χ4n) is 4.28. The molecule has 0 spiro atoms. The van der Waals surface area contributed by atoms with E-state index in [0.29, 0.717) is 26.2 Å². The van der Waals surface area contributed by atoms with Gasteiger partial charge in [0.05, 0.1) is 35.9 Å². The molecule has 0 bridgehead atoms. The fourth-order valence-corrected chi connectivity index (χ4v) is 4.28. The van der Waals surface area contributed by atoms with Crippen LogP contribution in [0.4, 0.5) is 19.3 Å². The van der Waals surface area contributed by atoms with Crippen molar-refractivity contribution in [1.82, 2.24) is 9.88 Å². The summed E-state index contributed by atoms with van der Waals surface area (Å²) in [7, 11) is 0. The minimum absolute atomic E-state index is 0.0183. The number of fused-ring (bicyclic) bond motifs is 2. The molecule has 2 aromatic rings. The van der Waals surface area contributed by atoms with Gasteiger partial charge < -0.3 is 29.4 Å². The molecule has 3 fully saturated rings. The topological polar surface area (TPSA) is 93.0 Å². The van der Waals surface area contributed by atoms with E-state index in [9.17, 15) is 14.0 Å². The molecule has 0 unspecified atom stereocenters. The second kappa shape index (κ2) is 6.67. The first-order chi connectivity index (χ1) is 13.9. The minimum atomic E-state index is -1.66. The number of rotatable bonds is 3. The molecule has 1 saturated carbocycles. The van der Waals surface area contributed by atoms with Crippen LogP contribution < -0.4 is 20.4 Å². The van der Waals surface area contributed by atoms with Crippen LogP contribution in [0.1, 0.15) is 18.9 Å². The van der Waals surface area contributed by atoms with Gasteiger partial charge in [-0.05, 0) is 18.9 Å². The summed E-state index contributed by atoms with van der Waals surface area (Å²) in [4.78, 5) is 25.1. The first-order valence-corrected chi connectivity index (χ1v) is 9.51. The van der Waals surface area contributed by atoms with Crippen molar-refractivity contribution in [2.24, 2.45) is 0 Å². The number of hydrogen-bond acceptors (Lipinski definition) is 6. The summed E-state index contributed by atoms with van der Waals surface area (Å²) >= 11 is 0. The monoisotopic (exact) mass is 407 g/mol. The molecule has 1 aromatic carbocycles. The Morgan fingerprint density at radius 1 is 1.31 bits per heavy atom. The van der Waals surface area contributed by atoms with Crippen molar-refractivity contribution in [1.29, 1.82) is 0 Å². The summed E-state index contributed by atoms with van der Waals surface area (Å²) in [6.07, 6.45) is 0.893. The van der Waals surface area contributed by atoms with Crippen LogP contribution in [0.2, 0.25) is 0 Å². The quantitative estimate of drug-likeness (QED) is 0.750. The Balaban J connectivity index is 1.67. The molecule has 1 aliphatic carbocycles. The van der Waals surface area contributed by atoms with Crippen molar-refractivity contribution in [2.75, 3.05) is 31.1 Å². The van der Waals surface area contributed by atoms with E-state index in [-0.39, 0.29) is 34.8 Å². The molecule has 3 aliphatic rings. The predicted molar refractivity (Wildman–Crippen MR) is 98.8 cm³/mol. The average molecular weight is 407 g/mol. The van der Waals surface area contributed by atoms with Crippen molar-refractivity contribution in [3.63, 3.8) is 0 Å². The third-order valence-corrected chi connectivity index (χ3v) is 5.71. The summed E-state index contributed by atoms with van der Waals surface area (Å²) in [6, 6.07) is 0.864. The van der Waals surface area contributed by atoms with E-state index in [0.717, 1.165) is 18.9 Å². The molecule has 1 aromatic heterocycles. The Morgan fingerprint density at radius 3 is 2.79 bits per heavy atom. The van der Waals surface area contributed by atoms with Gasteiger partial charge in [-0.15, -0.1) is 0 Å². The van der Waals surface area contributed by atoms with Crippen molar-refractivity contribution in [2.45, 2.75) is 31.0 Å². The smallest absolute Gasteiger partial charge is 0.449 e. The SMILES string of the molecule is O=C(O)Oc1cn(C2CC2)c2c(F)c(N3C[C@@H]4NCCO[C@@H]4C3)c(F)cc2c1=O. The Kier molecular flexibility index (Phi) is 4.21. The van der Waals surface area contributed by atoms with Crippen molar-refractivity contribution < 1.29 is 28.2 Å². The van der Waals surface area contributed by atoms with Gasteiger partial charge in [-0.3, -0.25) is 4.79 Å². The zero-order chi connectivity index (χ0) is 20.3. The zero-order valence-corrected chi connectivity index (χ0v) is 15.4. The molecule has 10 heteroatoms. The third kappa shape index (κ3) is 3.03. The Morgan fingerprint density at radius 2 is 2.10 bits per heavy atom. The lowest BCUT2D eigenvalue weighted by Gasteiger charge is -2.25. The van der Waals surface area contributed by atoms with Crippen LogP contribution in [0.3, 0.4) is 0 Å². The number of ether oxygens (including phenoxy) is 2. The number of hydrogen-bond donors (Lipinski definition) is 2. The van der Waals surface area contributed by atoms with Gasteiger partial charge in [0.2, 0.25) is 5.43 Å². The maximum absolute atomic E-state index is 15.6. The van der Waals surface area contributed by atoms with E-state index < -0.39 is 29.0 Å². The molecular weight excluding hydrogens is 388 g/mol. The highest BCUT2D eigenvalue weighted by atomic mass is 19.1. The largest absolute Gasteiger partial charge is 0.511 e. The molecule has 5 rings (SSSR count). The second-order valence-electron chi connectivity index (χ2n) is 7.62. The fraction of sp³-hybridized carbons (Fsp3) is 0.474. The lowest BCUT2D eigenvalue weighted by Crippen LogP contribution is -2.47. The summed E-state index contributed by atoms with van der Waals surface area (Å²) < 4.78 is 42.3. The van der Waals surface area contributed by atoms with Gasteiger partial charge in [-0.25, -0.2) is 13.6 Å². The first-order valence-electron chi connectivity index (χ1n) is 9.51. The number of nitrogens with zero attached hydrogens (tertiary/aromatic N) is 2. The van der Waals surface area contributed by atoms with Crippen LogP contribution in [-0.4, -0.2) is 54.2 Å². The van der Waals surface area contributed by atoms with Crippen molar-refractivity contribution >= 4 is 22.7 Å². The van der Waals surface area contributed by atoms with Gasteiger partial charge >= 0.3 is 6.16 Å². The van der Waals surface area contributed by atoms with E-state index in [1.807, 2.05) is 0 Å². The number of anilines is 1. The summed E-state index contributed by atoms with van der Waals surface area (Å²) in [5, 5.41) is 11.9. The van der Waals surface area contributed by atoms with Crippen molar-refractivity contribution in [3.05, 3.63) is 34.1 Å². The molecule has 29 heavy (non-hydrogen) atoms. The minimum Gasteiger partial charge on any atom is -0.449 e. The Bertz CT molecular complexity index is 1050. The second-order valence-corrected chi connectivity index (χ2v) is 7.62. The van der Waals surface area contributed by atoms with E-state index in [4.69, 9.17) is 9.84 Å². The highest BCUT2D eigenvalue weighted by molar-refractivity contribution is 5.86. The molecule has 2 atom stereocenters. The van der Waals surface area contributed by atoms with E-state index in [2.05, 4.69) is 10.1 Å². The van der Waals surface area contributed by atoms with Crippen LogP contribution in [-0.2, 0) is 4.74 Å².